The number of anilines is 1. The predicted molar refractivity (Wildman–Crippen MR) is 70.7 cm³/mol. The van der Waals surface area contributed by atoms with E-state index in [1.165, 1.54) is 24.3 Å². The number of nitriles is 3. The molecule has 0 aliphatic rings. The van der Waals surface area contributed by atoms with Gasteiger partial charge in [-0.25, -0.2) is 0 Å². The molecular weight excluding hydrogens is 301 g/mol. The third-order valence-corrected chi connectivity index (χ3v) is 3.10. The molecule has 0 saturated carbocycles. The number of allylic oxidation sites excluding steroid dienone is 2. The number of nitrogens with one attached hydrogen (secondary N) is 1. The minimum Gasteiger partial charge on any atom is -0.345 e. The van der Waals surface area contributed by atoms with Gasteiger partial charge in [-0.05, 0) is 24.5 Å². The van der Waals surface area contributed by atoms with E-state index in [4.69, 9.17) is 15.8 Å². The molecular formula is C13H7F3N4S. The summed E-state index contributed by atoms with van der Waals surface area (Å²) < 4.78 is 39.0. The average molecular weight is 308 g/mol. The maximum absolute atomic E-state index is 13.0. The van der Waals surface area contributed by atoms with Crippen LogP contribution in [0.15, 0.2) is 34.4 Å². The Morgan fingerprint density at radius 3 is 2.19 bits per heavy atom. The number of benzene rings is 1. The van der Waals surface area contributed by atoms with E-state index >= 15 is 0 Å². The molecule has 0 bridgehead atoms. The van der Waals surface area contributed by atoms with Gasteiger partial charge < -0.3 is 5.32 Å². The van der Waals surface area contributed by atoms with E-state index in [9.17, 15) is 13.2 Å². The summed E-state index contributed by atoms with van der Waals surface area (Å²) in [6.07, 6.45) is -3.00. The summed E-state index contributed by atoms with van der Waals surface area (Å²) in [6, 6.07) is 7.94. The van der Waals surface area contributed by atoms with Crippen molar-refractivity contribution in [3.8, 4) is 18.2 Å². The van der Waals surface area contributed by atoms with Crippen molar-refractivity contribution in [3.05, 3.63) is 35.0 Å². The van der Waals surface area contributed by atoms with Gasteiger partial charge in [-0.15, -0.1) is 11.8 Å². The Morgan fingerprint density at radius 1 is 1.14 bits per heavy atom. The molecule has 0 aliphatic heterocycles. The molecule has 0 atom stereocenters. The molecule has 21 heavy (non-hydrogen) atoms. The molecule has 1 N–H and O–H groups in total. The van der Waals surface area contributed by atoms with Gasteiger partial charge in [0.25, 0.3) is 0 Å². The normalized spacial score (nSPS) is 9.95. The third kappa shape index (κ3) is 3.92. The molecule has 106 valence electrons. The van der Waals surface area contributed by atoms with Crippen molar-refractivity contribution >= 4 is 17.4 Å². The van der Waals surface area contributed by atoms with Crippen LogP contribution in [0.1, 0.15) is 5.56 Å². The highest BCUT2D eigenvalue weighted by Crippen LogP contribution is 2.37. The number of hydrogen-bond acceptors (Lipinski definition) is 5. The lowest BCUT2D eigenvalue weighted by Gasteiger charge is -2.15. The van der Waals surface area contributed by atoms with Gasteiger partial charge in [-0.1, -0.05) is 0 Å². The molecule has 0 saturated heterocycles. The van der Waals surface area contributed by atoms with Crippen LogP contribution in [0.2, 0.25) is 0 Å². The first-order valence-corrected chi connectivity index (χ1v) is 6.56. The summed E-state index contributed by atoms with van der Waals surface area (Å²) >= 11 is 1.14. The number of halogens is 3. The highest BCUT2D eigenvalue weighted by molar-refractivity contribution is 7.98. The standard InChI is InChI=1S/C13H7F3N4S/c1-21-9-2-3-11(10(4-9)13(14,15)16)20-12(7-19)8(5-17)6-18/h2-4,20H,1H3. The highest BCUT2D eigenvalue weighted by atomic mass is 32.2. The van der Waals surface area contributed by atoms with E-state index in [-0.39, 0.29) is 5.69 Å². The topological polar surface area (TPSA) is 83.4 Å². The second kappa shape index (κ2) is 6.69. The van der Waals surface area contributed by atoms with E-state index in [1.54, 1.807) is 6.26 Å². The monoisotopic (exact) mass is 308 g/mol. The van der Waals surface area contributed by atoms with Crippen molar-refractivity contribution < 1.29 is 13.2 Å². The Balaban J connectivity index is 3.40. The predicted octanol–water partition coefficient (Wildman–Crippen LogP) is 3.66. The molecule has 1 aromatic carbocycles. The Kier molecular flexibility index (Phi) is 5.24. The van der Waals surface area contributed by atoms with Gasteiger partial charge >= 0.3 is 6.18 Å². The fraction of sp³-hybridized carbons (Fsp3) is 0.154. The van der Waals surface area contributed by atoms with Gasteiger partial charge in [-0.2, -0.15) is 29.0 Å². The van der Waals surface area contributed by atoms with Gasteiger partial charge in [0, 0.05) is 4.90 Å². The largest absolute Gasteiger partial charge is 0.418 e. The molecule has 0 fully saturated rings. The second-order valence-electron chi connectivity index (χ2n) is 3.62. The molecule has 4 nitrogen and oxygen atoms in total. The van der Waals surface area contributed by atoms with Crippen molar-refractivity contribution in [1.29, 1.82) is 15.8 Å². The van der Waals surface area contributed by atoms with Gasteiger partial charge in [0.05, 0.1) is 11.3 Å². The number of alkyl halides is 3. The molecule has 0 unspecified atom stereocenters. The van der Waals surface area contributed by atoms with Crippen LogP contribution in [-0.4, -0.2) is 6.26 Å². The molecule has 0 spiro atoms. The molecule has 8 heteroatoms. The summed E-state index contributed by atoms with van der Waals surface area (Å²) in [5.74, 6) is 0. The highest BCUT2D eigenvalue weighted by Gasteiger charge is 2.34. The smallest absolute Gasteiger partial charge is 0.345 e. The van der Waals surface area contributed by atoms with E-state index in [1.807, 2.05) is 0 Å². The summed E-state index contributed by atoms with van der Waals surface area (Å²) in [5.41, 5.74) is -2.47. The van der Waals surface area contributed by atoms with Gasteiger partial charge in [-0.3, -0.25) is 0 Å². The average Bonchev–Trinajstić information content (AvgIpc) is 2.46. The van der Waals surface area contributed by atoms with Crippen molar-refractivity contribution in [2.75, 3.05) is 11.6 Å². The first-order valence-electron chi connectivity index (χ1n) is 5.34. The van der Waals surface area contributed by atoms with Gasteiger partial charge in [0.15, 0.2) is 5.57 Å². The number of hydrogen-bond donors (Lipinski definition) is 1. The van der Waals surface area contributed by atoms with Crippen molar-refractivity contribution in [2.45, 2.75) is 11.1 Å². The molecule has 0 aliphatic carbocycles. The van der Waals surface area contributed by atoms with Crippen LogP contribution in [0.5, 0.6) is 0 Å². The SMILES string of the molecule is CSc1ccc(NC(C#N)=C(C#N)C#N)c(C(F)(F)F)c1. The Labute approximate surface area is 123 Å². The van der Waals surface area contributed by atoms with E-state index in [2.05, 4.69) is 5.32 Å². The Morgan fingerprint density at radius 2 is 1.76 bits per heavy atom. The second-order valence-corrected chi connectivity index (χ2v) is 4.50. The fourth-order valence-corrected chi connectivity index (χ4v) is 1.85. The molecule has 1 rings (SSSR count). The van der Waals surface area contributed by atoms with Crippen molar-refractivity contribution in [3.63, 3.8) is 0 Å². The molecule has 1 aromatic rings. The van der Waals surface area contributed by atoms with Crippen LogP contribution < -0.4 is 5.32 Å². The molecule has 0 amide bonds. The summed E-state index contributed by atoms with van der Waals surface area (Å²) in [4.78, 5) is 0.399. The van der Waals surface area contributed by atoms with Crippen LogP contribution in [0.4, 0.5) is 18.9 Å². The van der Waals surface area contributed by atoms with Gasteiger partial charge in [0.2, 0.25) is 0 Å². The number of rotatable bonds is 3. The van der Waals surface area contributed by atoms with Gasteiger partial charge in [0.1, 0.15) is 23.9 Å². The minimum atomic E-state index is -4.63. The maximum atomic E-state index is 13.0. The number of nitrogens with zero attached hydrogens (tertiary/aromatic N) is 3. The lowest BCUT2D eigenvalue weighted by atomic mass is 10.1. The van der Waals surface area contributed by atoms with E-state index in [0.717, 1.165) is 23.9 Å². The van der Waals surface area contributed by atoms with Crippen LogP contribution >= 0.6 is 11.8 Å². The first kappa shape index (κ1) is 16.4. The molecule has 0 heterocycles. The van der Waals surface area contributed by atoms with E-state index in [0.29, 0.717) is 4.90 Å². The van der Waals surface area contributed by atoms with Crippen molar-refractivity contribution in [2.24, 2.45) is 0 Å². The summed E-state index contributed by atoms with van der Waals surface area (Å²) in [6.45, 7) is 0. The fourth-order valence-electron chi connectivity index (χ4n) is 1.41. The lowest BCUT2D eigenvalue weighted by molar-refractivity contribution is -0.137. The zero-order valence-electron chi connectivity index (χ0n) is 10.6. The third-order valence-electron chi connectivity index (χ3n) is 2.38. The zero-order valence-corrected chi connectivity index (χ0v) is 11.4. The van der Waals surface area contributed by atoms with Crippen LogP contribution in [0.3, 0.4) is 0 Å². The van der Waals surface area contributed by atoms with Crippen LogP contribution in [-0.2, 0) is 6.18 Å². The number of thioether (sulfide) groups is 1. The summed E-state index contributed by atoms with van der Waals surface area (Å²) in [7, 11) is 0. The zero-order chi connectivity index (χ0) is 16.0. The van der Waals surface area contributed by atoms with Crippen LogP contribution in [0.25, 0.3) is 0 Å². The van der Waals surface area contributed by atoms with Crippen molar-refractivity contribution in [1.82, 2.24) is 0 Å². The molecule has 0 radical (unpaired) electrons. The lowest BCUT2D eigenvalue weighted by Crippen LogP contribution is -2.11. The molecule has 0 aromatic heterocycles. The summed E-state index contributed by atoms with van der Waals surface area (Å²) in [5, 5.41) is 28.4. The quantitative estimate of drug-likeness (QED) is 0.680. The maximum Gasteiger partial charge on any atom is 0.418 e. The van der Waals surface area contributed by atoms with E-state index < -0.39 is 23.0 Å². The Hall–Kier alpha value is -2.63. The van der Waals surface area contributed by atoms with Crippen LogP contribution in [0, 0.1) is 34.0 Å². The Bertz CT molecular complexity index is 686. The first-order chi connectivity index (χ1) is 9.87. The minimum absolute atomic E-state index is 0.389.